The second-order valence-electron chi connectivity index (χ2n) is 6.70. The maximum absolute atomic E-state index is 9.30. The zero-order valence-electron chi connectivity index (χ0n) is 15.9. The van der Waals surface area contributed by atoms with Crippen molar-refractivity contribution in [1.29, 1.82) is 0 Å². The summed E-state index contributed by atoms with van der Waals surface area (Å²) in [5.41, 5.74) is 3.85. The van der Waals surface area contributed by atoms with Gasteiger partial charge >= 0.3 is 0 Å². The first-order chi connectivity index (χ1) is 14.8. The topological polar surface area (TPSA) is 99.3 Å². The standard InChI is InChI=1S/C22H18N4O4/c27-10-9-15-7-8-20(19(12-15)26-23-17-4-1-2-5-18(17)24-26)29-14-16-13-22(30-25-16)21-6-3-11-28-21/h1-8,11-13,27H,9-10,14H2. The van der Waals surface area contributed by atoms with Gasteiger partial charge in [0.2, 0.25) is 5.76 Å². The van der Waals surface area contributed by atoms with Crippen molar-refractivity contribution in [1.82, 2.24) is 20.2 Å². The molecule has 0 aliphatic heterocycles. The largest absolute Gasteiger partial charge is 0.485 e. The molecule has 5 rings (SSSR count). The number of rotatable bonds is 7. The Bertz CT molecular complexity index is 1240. The highest BCUT2D eigenvalue weighted by molar-refractivity contribution is 5.73. The number of aliphatic hydroxyl groups excluding tert-OH is 1. The van der Waals surface area contributed by atoms with Crippen LogP contribution in [-0.2, 0) is 13.0 Å². The molecule has 8 nitrogen and oxygen atoms in total. The van der Waals surface area contributed by atoms with E-state index in [0.717, 1.165) is 16.6 Å². The number of nitrogens with zero attached hydrogens (tertiary/aromatic N) is 4. The minimum atomic E-state index is 0.0582. The molecular weight excluding hydrogens is 384 g/mol. The van der Waals surface area contributed by atoms with Gasteiger partial charge in [-0.15, -0.1) is 15.0 Å². The molecule has 30 heavy (non-hydrogen) atoms. The maximum atomic E-state index is 9.30. The van der Waals surface area contributed by atoms with Crippen LogP contribution in [0.1, 0.15) is 11.3 Å². The van der Waals surface area contributed by atoms with Gasteiger partial charge in [0.15, 0.2) is 5.76 Å². The first kappa shape index (κ1) is 18.1. The quantitative estimate of drug-likeness (QED) is 0.442. The molecule has 0 bridgehead atoms. The van der Waals surface area contributed by atoms with E-state index >= 15 is 0 Å². The minimum absolute atomic E-state index is 0.0582. The van der Waals surface area contributed by atoms with Gasteiger partial charge in [-0.1, -0.05) is 23.4 Å². The molecule has 8 heteroatoms. The van der Waals surface area contributed by atoms with Crippen molar-refractivity contribution in [2.45, 2.75) is 13.0 Å². The summed E-state index contributed by atoms with van der Waals surface area (Å²) in [6.07, 6.45) is 2.11. The van der Waals surface area contributed by atoms with Crippen molar-refractivity contribution in [3.63, 3.8) is 0 Å². The van der Waals surface area contributed by atoms with Crippen LogP contribution in [0.15, 0.2) is 75.9 Å². The van der Waals surface area contributed by atoms with Gasteiger partial charge in [-0.05, 0) is 48.4 Å². The van der Waals surface area contributed by atoms with Gasteiger partial charge in [0.1, 0.15) is 34.8 Å². The van der Waals surface area contributed by atoms with Crippen molar-refractivity contribution in [2.24, 2.45) is 0 Å². The van der Waals surface area contributed by atoms with E-state index in [2.05, 4.69) is 15.4 Å². The van der Waals surface area contributed by atoms with Crippen LogP contribution in [-0.4, -0.2) is 31.9 Å². The van der Waals surface area contributed by atoms with Crippen molar-refractivity contribution in [3.05, 3.63) is 78.2 Å². The smallest absolute Gasteiger partial charge is 0.202 e. The molecule has 0 saturated carbocycles. The fourth-order valence-electron chi connectivity index (χ4n) is 3.16. The van der Waals surface area contributed by atoms with Gasteiger partial charge < -0.3 is 18.8 Å². The van der Waals surface area contributed by atoms with Gasteiger partial charge in [-0.3, -0.25) is 0 Å². The van der Waals surface area contributed by atoms with Crippen molar-refractivity contribution in [2.75, 3.05) is 6.61 Å². The van der Waals surface area contributed by atoms with Crippen LogP contribution < -0.4 is 4.74 Å². The lowest BCUT2D eigenvalue weighted by Crippen LogP contribution is -2.05. The highest BCUT2D eigenvalue weighted by atomic mass is 16.5. The molecule has 0 saturated heterocycles. The third-order valence-electron chi connectivity index (χ3n) is 4.62. The Morgan fingerprint density at radius 1 is 0.933 bits per heavy atom. The molecule has 5 aromatic rings. The lowest BCUT2D eigenvalue weighted by molar-refractivity contribution is 0.287. The average molecular weight is 402 g/mol. The van der Waals surface area contributed by atoms with Crippen LogP contribution >= 0.6 is 0 Å². The maximum Gasteiger partial charge on any atom is 0.202 e. The average Bonchev–Trinajstić information content (AvgIpc) is 3.53. The van der Waals surface area contributed by atoms with Crippen LogP contribution in [0.4, 0.5) is 0 Å². The number of hydrogen-bond donors (Lipinski definition) is 1. The van der Waals surface area contributed by atoms with Crippen molar-refractivity contribution >= 4 is 11.0 Å². The highest BCUT2D eigenvalue weighted by Crippen LogP contribution is 2.27. The van der Waals surface area contributed by atoms with Gasteiger partial charge in [0.25, 0.3) is 0 Å². The predicted molar refractivity (Wildman–Crippen MR) is 108 cm³/mol. The molecular formula is C22H18N4O4. The molecule has 0 spiro atoms. The molecule has 3 aromatic heterocycles. The fourth-order valence-corrected chi connectivity index (χ4v) is 3.16. The SMILES string of the molecule is OCCc1ccc(OCc2cc(-c3ccco3)on2)c(-n2nc3ccccc3n2)c1. The number of furan rings is 1. The summed E-state index contributed by atoms with van der Waals surface area (Å²) < 4.78 is 16.7. The number of aliphatic hydroxyl groups is 1. The Kier molecular flexibility index (Phi) is 4.74. The number of benzene rings is 2. The second kappa shape index (κ2) is 7.84. The first-order valence-electron chi connectivity index (χ1n) is 9.49. The molecule has 0 aliphatic carbocycles. The summed E-state index contributed by atoms with van der Waals surface area (Å²) in [5, 5.41) is 22.5. The van der Waals surface area contributed by atoms with E-state index in [9.17, 15) is 5.11 Å². The van der Waals surface area contributed by atoms with E-state index in [1.165, 1.54) is 0 Å². The summed E-state index contributed by atoms with van der Waals surface area (Å²) >= 11 is 0. The van der Waals surface area contributed by atoms with Crippen LogP contribution in [0, 0.1) is 0 Å². The zero-order valence-corrected chi connectivity index (χ0v) is 15.9. The molecule has 3 heterocycles. The van der Waals surface area contributed by atoms with E-state index in [1.54, 1.807) is 29.3 Å². The number of hydrogen-bond acceptors (Lipinski definition) is 7. The Hall–Kier alpha value is -3.91. The van der Waals surface area contributed by atoms with E-state index in [1.807, 2.05) is 42.5 Å². The van der Waals surface area contributed by atoms with Crippen LogP contribution in [0.25, 0.3) is 28.2 Å². The Labute approximate surface area is 171 Å². The van der Waals surface area contributed by atoms with Gasteiger partial charge in [0, 0.05) is 12.7 Å². The Balaban J connectivity index is 1.44. The zero-order chi connectivity index (χ0) is 20.3. The van der Waals surface area contributed by atoms with E-state index in [-0.39, 0.29) is 13.2 Å². The third kappa shape index (κ3) is 3.56. The van der Waals surface area contributed by atoms with Crippen LogP contribution in [0.5, 0.6) is 5.75 Å². The summed E-state index contributed by atoms with van der Waals surface area (Å²) in [6, 6.07) is 18.7. The normalized spacial score (nSPS) is 11.2. The predicted octanol–water partition coefficient (Wildman–Crippen LogP) is 3.78. The summed E-state index contributed by atoms with van der Waals surface area (Å²) in [7, 11) is 0. The third-order valence-corrected chi connectivity index (χ3v) is 4.62. The van der Waals surface area contributed by atoms with Gasteiger partial charge in [-0.2, -0.15) is 0 Å². The number of aromatic nitrogens is 4. The molecule has 0 fully saturated rings. The van der Waals surface area contributed by atoms with E-state index in [0.29, 0.717) is 35.1 Å². The first-order valence-corrected chi connectivity index (χ1v) is 9.49. The van der Waals surface area contributed by atoms with E-state index < -0.39 is 0 Å². The van der Waals surface area contributed by atoms with Crippen LogP contribution in [0.2, 0.25) is 0 Å². The van der Waals surface area contributed by atoms with Crippen molar-refractivity contribution < 1.29 is 18.8 Å². The lowest BCUT2D eigenvalue weighted by Gasteiger charge is -2.11. The monoisotopic (exact) mass is 402 g/mol. The fraction of sp³-hybridized carbons (Fsp3) is 0.136. The number of ether oxygens (including phenoxy) is 1. The Morgan fingerprint density at radius 3 is 2.50 bits per heavy atom. The molecule has 1 N–H and O–H groups in total. The molecule has 150 valence electrons. The lowest BCUT2D eigenvalue weighted by atomic mass is 10.1. The molecule has 2 aromatic carbocycles. The summed E-state index contributed by atoms with van der Waals surface area (Å²) in [6.45, 7) is 0.264. The molecule has 0 unspecified atom stereocenters. The molecule has 0 radical (unpaired) electrons. The highest BCUT2D eigenvalue weighted by Gasteiger charge is 2.14. The van der Waals surface area contributed by atoms with Gasteiger partial charge in [0.05, 0.1) is 6.26 Å². The molecule has 0 atom stereocenters. The second-order valence-corrected chi connectivity index (χ2v) is 6.70. The number of fused-ring (bicyclic) bond motifs is 1. The summed E-state index contributed by atoms with van der Waals surface area (Å²) in [5.74, 6) is 1.74. The van der Waals surface area contributed by atoms with Crippen LogP contribution in [0.3, 0.4) is 0 Å². The van der Waals surface area contributed by atoms with E-state index in [4.69, 9.17) is 13.7 Å². The Morgan fingerprint density at radius 2 is 1.77 bits per heavy atom. The molecule has 0 aliphatic rings. The minimum Gasteiger partial charge on any atom is -0.485 e. The summed E-state index contributed by atoms with van der Waals surface area (Å²) in [4.78, 5) is 1.55. The van der Waals surface area contributed by atoms with Crippen molar-refractivity contribution in [3.8, 4) is 23.0 Å². The molecule has 0 amide bonds. The van der Waals surface area contributed by atoms with Gasteiger partial charge in [-0.25, -0.2) is 0 Å².